The van der Waals surface area contributed by atoms with E-state index in [-0.39, 0.29) is 0 Å². The van der Waals surface area contributed by atoms with Crippen LogP contribution in [0.15, 0.2) is 28.7 Å². The lowest BCUT2D eigenvalue weighted by molar-refractivity contribution is 0.185. The number of ether oxygens (including phenoxy) is 1. The molecule has 2 aromatic rings. The van der Waals surface area contributed by atoms with E-state index in [0.29, 0.717) is 23.5 Å². The first-order valence-corrected chi connectivity index (χ1v) is 7.67. The predicted octanol–water partition coefficient (Wildman–Crippen LogP) is 4.58. The molecule has 0 saturated heterocycles. The van der Waals surface area contributed by atoms with Crippen LogP contribution >= 0.6 is 27.5 Å². The Kier molecular flexibility index (Phi) is 4.06. The van der Waals surface area contributed by atoms with E-state index in [1.807, 2.05) is 24.3 Å². The molecule has 1 aromatic heterocycles. The Labute approximate surface area is 131 Å². The second kappa shape index (κ2) is 5.80. The summed E-state index contributed by atoms with van der Waals surface area (Å²) in [6.07, 6.45) is 2.36. The molecule has 1 aromatic carbocycles. The molecule has 0 atom stereocenters. The Bertz CT molecular complexity index is 627. The van der Waals surface area contributed by atoms with Crippen LogP contribution in [0.1, 0.15) is 30.0 Å². The summed E-state index contributed by atoms with van der Waals surface area (Å²) in [5, 5.41) is 0.484. The highest BCUT2D eigenvalue weighted by Crippen LogP contribution is 2.44. The van der Waals surface area contributed by atoms with Gasteiger partial charge >= 0.3 is 0 Å². The monoisotopic (exact) mass is 352 g/mol. The molecule has 0 amide bonds. The summed E-state index contributed by atoms with van der Waals surface area (Å²) in [6.45, 7) is 0.607. The Morgan fingerprint density at radius 2 is 1.95 bits per heavy atom. The topological polar surface area (TPSA) is 35.0 Å². The first-order chi connectivity index (χ1) is 9.69. The van der Waals surface area contributed by atoms with Gasteiger partial charge in [0.2, 0.25) is 0 Å². The lowest BCUT2D eigenvalue weighted by Gasteiger charge is -2.08. The Balaban J connectivity index is 1.96. The van der Waals surface area contributed by atoms with E-state index in [4.69, 9.17) is 16.3 Å². The van der Waals surface area contributed by atoms with Gasteiger partial charge in [-0.2, -0.15) is 0 Å². The van der Waals surface area contributed by atoms with Crippen molar-refractivity contribution >= 4 is 27.5 Å². The van der Waals surface area contributed by atoms with Crippen molar-refractivity contribution in [1.82, 2.24) is 9.97 Å². The number of rotatable bonds is 4. The average molecular weight is 354 g/mol. The zero-order valence-electron chi connectivity index (χ0n) is 11.1. The van der Waals surface area contributed by atoms with E-state index in [2.05, 4.69) is 25.9 Å². The Morgan fingerprint density at radius 3 is 2.55 bits per heavy atom. The van der Waals surface area contributed by atoms with E-state index >= 15 is 0 Å². The maximum atomic E-state index is 6.20. The molecule has 0 spiro atoms. The standard InChI is InChI=1S/C15H14BrClN2O/c1-20-8-9-2-4-11(5-3-9)15-18-13(10-6-7-10)12(16)14(17)19-15/h2-5,10H,6-8H2,1H3. The summed E-state index contributed by atoms with van der Waals surface area (Å²) in [7, 11) is 1.69. The van der Waals surface area contributed by atoms with E-state index in [9.17, 15) is 0 Å². The first kappa shape index (κ1) is 14.0. The van der Waals surface area contributed by atoms with Gasteiger partial charge in [0.05, 0.1) is 16.8 Å². The van der Waals surface area contributed by atoms with Crippen molar-refractivity contribution < 1.29 is 4.74 Å². The van der Waals surface area contributed by atoms with Crippen molar-refractivity contribution in [2.24, 2.45) is 0 Å². The van der Waals surface area contributed by atoms with Crippen LogP contribution in [0.4, 0.5) is 0 Å². The van der Waals surface area contributed by atoms with Crippen LogP contribution < -0.4 is 0 Å². The molecule has 0 aliphatic heterocycles. The van der Waals surface area contributed by atoms with Gasteiger partial charge in [-0.1, -0.05) is 35.9 Å². The van der Waals surface area contributed by atoms with E-state index in [1.54, 1.807) is 7.11 Å². The third-order valence-electron chi connectivity index (χ3n) is 3.32. The minimum atomic E-state index is 0.484. The molecule has 20 heavy (non-hydrogen) atoms. The Morgan fingerprint density at radius 1 is 1.25 bits per heavy atom. The van der Waals surface area contributed by atoms with Gasteiger partial charge in [0.1, 0.15) is 5.15 Å². The molecule has 1 aliphatic carbocycles. The largest absolute Gasteiger partial charge is 0.380 e. The maximum Gasteiger partial charge on any atom is 0.161 e. The predicted molar refractivity (Wildman–Crippen MR) is 82.9 cm³/mol. The van der Waals surface area contributed by atoms with Gasteiger partial charge in [-0.3, -0.25) is 0 Å². The highest BCUT2D eigenvalue weighted by molar-refractivity contribution is 9.10. The van der Waals surface area contributed by atoms with Crippen LogP contribution in [0.25, 0.3) is 11.4 Å². The van der Waals surface area contributed by atoms with Crippen LogP contribution in [-0.4, -0.2) is 17.1 Å². The van der Waals surface area contributed by atoms with E-state index in [0.717, 1.165) is 21.3 Å². The summed E-state index contributed by atoms with van der Waals surface area (Å²) >= 11 is 9.69. The van der Waals surface area contributed by atoms with Gasteiger partial charge in [-0.15, -0.1) is 0 Å². The van der Waals surface area contributed by atoms with Crippen molar-refractivity contribution in [3.8, 4) is 11.4 Å². The molecule has 0 bridgehead atoms. The minimum Gasteiger partial charge on any atom is -0.380 e. The van der Waals surface area contributed by atoms with Crippen molar-refractivity contribution in [3.63, 3.8) is 0 Å². The Hall–Kier alpha value is -0.970. The number of hydrogen-bond donors (Lipinski definition) is 0. The number of halogens is 2. The molecule has 0 N–H and O–H groups in total. The molecule has 0 radical (unpaired) electrons. The molecular weight excluding hydrogens is 340 g/mol. The van der Waals surface area contributed by atoms with Gasteiger partial charge in [-0.05, 0) is 34.3 Å². The van der Waals surface area contributed by atoms with Crippen LogP contribution in [0.3, 0.4) is 0 Å². The fourth-order valence-electron chi connectivity index (χ4n) is 2.11. The molecule has 1 aliphatic rings. The quantitative estimate of drug-likeness (QED) is 0.754. The number of methoxy groups -OCH3 is 1. The van der Waals surface area contributed by atoms with Gasteiger partial charge in [0.25, 0.3) is 0 Å². The number of hydrogen-bond acceptors (Lipinski definition) is 3. The fraction of sp³-hybridized carbons (Fsp3) is 0.333. The van der Waals surface area contributed by atoms with E-state index < -0.39 is 0 Å². The van der Waals surface area contributed by atoms with Gasteiger partial charge in [0, 0.05) is 18.6 Å². The third-order valence-corrected chi connectivity index (χ3v) is 4.61. The van der Waals surface area contributed by atoms with E-state index in [1.165, 1.54) is 12.8 Å². The molecule has 1 saturated carbocycles. The van der Waals surface area contributed by atoms with Gasteiger partial charge < -0.3 is 4.74 Å². The third kappa shape index (κ3) is 2.87. The SMILES string of the molecule is COCc1ccc(-c2nc(Cl)c(Br)c(C3CC3)n2)cc1. The molecule has 0 unspecified atom stereocenters. The van der Waals surface area contributed by atoms with Crippen LogP contribution in [-0.2, 0) is 11.3 Å². The zero-order chi connectivity index (χ0) is 14.1. The van der Waals surface area contributed by atoms with Crippen LogP contribution in [0, 0.1) is 0 Å². The summed E-state index contributed by atoms with van der Waals surface area (Å²) < 4.78 is 5.94. The van der Waals surface area contributed by atoms with Crippen LogP contribution in [0.5, 0.6) is 0 Å². The summed E-state index contributed by atoms with van der Waals surface area (Å²) in [6, 6.07) is 8.05. The number of aromatic nitrogens is 2. The number of nitrogens with zero attached hydrogens (tertiary/aromatic N) is 2. The highest BCUT2D eigenvalue weighted by Gasteiger charge is 2.29. The zero-order valence-corrected chi connectivity index (χ0v) is 13.4. The second-order valence-electron chi connectivity index (χ2n) is 4.94. The van der Waals surface area contributed by atoms with Crippen molar-refractivity contribution in [2.45, 2.75) is 25.4 Å². The molecule has 3 rings (SSSR count). The smallest absolute Gasteiger partial charge is 0.161 e. The molecule has 3 nitrogen and oxygen atoms in total. The lowest BCUT2D eigenvalue weighted by Crippen LogP contribution is -1.97. The van der Waals surface area contributed by atoms with Crippen molar-refractivity contribution in [1.29, 1.82) is 0 Å². The summed E-state index contributed by atoms with van der Waals surface area (Å²) in [5.41, 5.74) is 3.13. The first-order valence-electron chi connectivity index (χ1n) is 6.50. The minimum absolute atomic E-state index is 0.484. The number of benzene rings is 1. The second-order valence-corrected chi connectivity index (χ2v) is 6.09. The molecular formula is C15H14BrClN2O. The maximum absolute atomic E-state index is 6.20. The average Bonchev–Trinajstić information content (AvgIpc) is 3.27. The normalized spacial score (nSPS) is 14.6. The summed E-state index contributed by atoms with van der Waals surface area (Å²) in [4.78, 5) is 9.03. The van der Waals surface area contributed by atoms with Crippen LogP contribution in [0.2, 0.25) is 5.15 Å². The fourth-order valence-corrected chi connectivity index (χ4v) is 2.79. The lowest BCUT2D eigenvalue weighted by atomic mass is 10.1. The molecule has 1 fully saturated rings. The molecule has 1 heterocycles. The molecule has 5 heteroatoms. The van der Waals surface area contributed by atoms with Crippen molar-refractivity contribution in [3.05, 3.63) is 45.1 Å². The molecule has 104 valence electrons. The van der Waals surface area contributed by atoms with Gasteiger partial charge in [0.15, 0.2) is 5.82 Å². The van der Waals surface area contributed by atoms with Gasteiger partial charge in [-0.25, -0.2) is 9.97 Å². The van der Waals surface area contributed by atoms with Crippen molar-refractivity contribution in [2.75, 3.05) is 7.11 Å². The summed E-state index contributed by atoms with van der Waals surface area (Å²) in [5.74, 6) is 1.21. The highest BCUT2D eigenvalue weighted by atomic mass is 79.9.